The summed E-state index contributed by atoms with van der Waals surface area (Å²) in [7, 11) is 2.14. The van der Waals surface area contributed by atoms with E-state index in [4.69, 9.17) is 4.74 Å². The number of likely N-dealkylation sites (tertiary alicyclic amines) is 2. The summed E-state index contributed by atoms with van der Waals surface area (Å²) < 4.78 is 6.45. The summed E-state index contributed by atoms with van der Waals surface area (Å²) in [5.41, 5.74) is 3.19. The molecule has 0 bridgehead atoms. The molecule has 0 aliphatic carbocycles. The topological polar surface area (TPSA) is 29.5 Å². The average molecular weight is 394 g/mol. The average Bonchev–Trinajstić information content (AvgIpc) is 3.38. The van der Waals surface area contributed by atoms with Crippen molar-refractivity contribution >= 4 is 5.91 Å². The van der Waals surface area contributed by atoms with Crippen molar-refractivity contribution in [2.24, 2.45) is 0 Å². The van der Waals surface area contributed by atoms with Crippen molar-refractivity contribution in [3.05, 3.63) is 65.2 Å². The van der Waals surface area contributed by atoms with Crippen LogP contribution in [-0.4, -0.2) is 54.6 Å². The smallest absolute Gasteiger partial charge is 0.345 e. The lowest BCUT2D eigenvalue weighted by atomic mass is 10.1. The lowest BCUT2D eigenvalue weighted by Gasteiger charge is -2.35. The normalized spacial score (nSPS) is 24.7. The van der Waals surface area contributed by atoms with Crippen LogP contribution < -0.4 is 4.74 Å². The molecule has 154 valence electrons. The van der Waals surface area contributed by atoms with E-state index in [0.29, 0.717) is 17.1 Å². The number of aryl methyl sites for hydroxylation is 1. The van der Waals surface area contributed by atoms with Gasteiger partial charge in [0.25, 0.3) is 0 Å². The molecule has 2 saturated heterocycles. The first-order valence-electron chi connectivity index (χ1n) is 11.0. The fraction of sp³-hybridized carbons (Fsp3) is 0.480. The summed E-state index contributed by atoms with van der Waals surface area (Å²) in [6.07, 6.45) is 4.89. The molecule has 4 heteroatoms. The first-order chi connectivity index (χ1) is 14.0. The summed E-state index contributed by atoms with van der Waals surface area (Å²) >= 11 is 0. The molecule has 0 N–H and O–H groups in total. The predicted molar refractivity (Wildman–Crippen MR) is 116 cm³/mol. The molecule has 2 aliphatic heterocycles. The van der Waals surface area contributed by atoms with Gasteiger partial charge in [0.05, 0.1) is 25.7 Å². The lowest BCUT2D eigenvalue weighted by Crippen LogP contribution is -2.56. The number of ether oxygens (including phenoxy) is 1. The van der Waals surface area contributed by atoms with Gasteiger partial charge in [-0.05, 0) is 62.7 Å². The Morgan fingerprint density at radius 3 is 2.41 bits per heavy atom. The lowest BCUT2D eigenvalue weighted by molar-refractivity contribution is -0.840. The third-order valence-electron chi connectivity index (χ3n) is 6.72. The Morgan fingerprint density at radius 1 is 1.03 bits per heavy atom. The standard InChI is InChI=1S/C25H33N2O2/c1-20-7-9-21(10-8-20)19-29-24-13-11-22(12-14-24)25(28)27(2)17-5-6-23(27)18-26-15-3-4-16-26/h7-14,23H,3-6,15-19H2,1-2H3/q+1/t23-,27?/m0/s1. The monoisotopic (exact) mass is 393 g/mol. The minimum Gasteiger partial charge on any atom is -0.489 e. The Kier molecular flexibility index (Phi) is 6.02. The number of benzene rings is 2. The third kappa shape index (κ3) is 4.54. The SMILES string of the molecule is Cc1ccc(COc2ccc(C(=O)[N+]3(C)CCC[C@H]3CN3CCCC3)cc2)cc1. The molecule has 1 amide bonds. The Balaban J connectivity index is 1.39. The van der Waals surface area contributed by atoms with E-state index < -0.39 is 0 Å². The third-order valence-corrected chi connectivity index (χ3v) is 6.72. The number of hydrogen-bond acceptors (Lipinski definition) is 3. The highest BCUT2D eigenvalue weighted by Gasteiger charge is 2.45. The van der Waals surface area contributed by atoms with E-state index >= 15 is 0 Å². The Bertz CT molecular complexity index is 825. The highest BCUT2D eigenvalue weighted by molar-refractivity contribution is 5.89. The van der Waals surface area contributed by atoms with Crippen LogP contribution in [0.3, 0.4) is 0 Å². The maximum atomic E-state index is 13.4. The van der Waals surface area contributed by atoms with E-state index in [1.54, 1.807) is 0 Å². The van der Waals surface area contributed by atoms with Gasteiger partial charge in [-0.15, -0.1) is 0 Å². The van der Waals surface area contributed by atoms with Crippen LogP contribution in [0.15, 0.2) is 48.5 Å². The molecule has 2 aliphatic rings. The zero-order valence-corrected chi connectivity index (χ0v) is 17.8. The van der Waals surface area contributed by atoms with Crippen molar-refractivity contribution in [2.45, 2.75) is 45.3 Å². The van der Waals surface area contributed by atoms with Crippen LogP contribution in [0.4, 0.5) is 0 Å². The fourth-order valence-corrected chi connectivity index (χ4v) is 4.76. The van der Waals surface area contributed by atoms with Crippen molar-refractivity contribution in [3.8, 4) is 5.75 Å². The zero-order chi connectivity index (χ0) is 20.3. The number of nitrogens with zero attached hydrogens (tertiary/aromatic N) is 2. The molecule has 4 rings (SSSR count). The number of amides is 1. The van der Waals surface area contributed by atoms with Crippen LogP contribution in [0, 0.1) is 6.92 Å². The minimum atomic E-state index is 0.247. The molecule has 2 aromatic rings. The first-order valence-corrected chi connectivity index (χ1v) is 11.0. The summed E-state index contributed by atoms with van der Waals surface area (Å²) in [4.78, 5) is 15.9. The second-order valence-corrected chi connectivity index (χ2v) is 8.90. The Morgan fingerprint density at radius 2 is 1.72 bits per heavy atom. The van der Waals surface area contributed by atoms with Gasteiger partial charge in [0.1, 0.15) is 18.4 Å². The van der Waals surface area contributed by atoms with Crippen molar-refractivity contribution < 1.29 is 14.0 Å². The van der Waals surface area contributed by atoms with Crippen LogP contribution >= 0.6 is 0 Å². The maximum absolute atomic E-state index is 13.4. The van der Waals surface area contributed by atoms with Crippen LogP contribution in [0.25, 0.3) is 0 Å². The molecule has 2 atom stereocenters. The molecule has 0 radical (unpaired) electrons. The molecular weight excluding hydrogens is 360 g/mol. The first kappa shape index (κ1) is 20.1. The van der Waals surface area contributed by atoms with Gasteiger partial charge < -0.3 is 4.74 Å². The van der Waals surface area contributed by atoms with Gasteiger partial charge in [0.15, 0.2) is 0 Å². The van der Waals surface area contributed by atoms with Gasteiger partial charge in [-0.3, -0.25) is 9.38 Å². The van der Waals surface area contributed by atoms with Gasteiger partial charge in [0.2, 0.25) is 0 Å². The Hall–Kier alpha value is -2.17. The van der Waals surface area contributed by atoms with Crippen LogP contribution in [0.2, 0.25) is 0 Å². The molecule has 0 spiro atoms. The molecule has 0 saturated carbocycles. The van der Waals surface area contributed by atoms with Crippen molar-refractivity contribution in [1.29, 1.82) is 0 Å². The van der Waals surface area contributed by atoms with E-state index in [1.165, 1.54) is 31.5 Å². The van der Waals surface area contributed by atoms with Crippen molar-refractivity contribution in [2.75, 3.05) is 33.2 Å². The summed E-state index contributed by atoms with van der Waals surface area (Å²) in [5.74, 6) is 1.05. The van der Waals surface area contributed by atoms with E-state index in [0.717, 1.165) is 42.8 Å². The number of quaternary nitrogens is 1. The largest absolute Gasteiger partial charge is 0.489 e. The molecule has 2 heterocycles. The molecule has 4 nitrogen and oxygen atoms in total. The van der Waals surface area contributed by atoms with Crippen LogP contribution in [0.1, 0.15) is 47.2 Å². The number of carbonyl (C=O) groups excluding carboxylic acids is 1. The Labute approximate surface area is 174 Å². The fourth-order valence-electron chi connectivity index (χ4n) is 4.76. The van der Waals surface area contributed by atoms with Crippen molar-refractivity contribution in [3.63, 3.8) is 0 Å². The van der Waals surface area contributed by atoms with E-state index in [1.807, 2.05) is 24.3 Å². The molecule has 1 unspecified atom stereocenters. The van der Waals surface area contributed by atoms with Gasteiger partial charge in [-0.2, -0.15) is 0 Å². The number of likely N-dealkylation sites (N-methyl/N-ethyl adjacent to an activating group) is 1. The van der Waals surface area contributed by atoms with E-state index in [-0.39, 0.29) is 5.91 Å². The number of carbonyl (C=O) groups is 1. The minimum absolute atomic E-state index is 0.247. The molecular formula is C25H33N2O2+. The summed E-state index contributed by atoms with van der Waals surface area (Å²) in [6.45, 7) is 7.01. The highest BCUT2D eigenvalue weighted by Crippen LogP contribution is 2.30. The maximum Gasteiger partial charge on any atom is 0.345 e. The van der Waals surface area contributed by atoms with Crippen LogP contribution in [-0.2, 0) is 6.61 Å². The second kappa shape index (κ2) is 8.68. The number of hydrogen-bond donors (Lipinski definition) is 0. The van der Waals surface area contributed by atoms with E-state index in [2.05, 4.69) is 43.1 Å². The van der Waals surface area contributed by atoms with Gasteiger partial charge in [-0.25, -0.2) is 4.79 Å². The quantitative estimate of drug-likeness (QED) is 0.681. The number of rotatable bonds is 6. The molecule has 2 fully saturated rings. The summed E-state index contributed by atoms with van der Waals surface area (Å²) in [6, 6.07) is 16.5. The van der Waals surface area contributed by atoms with Gasteiger partial charge in [-0.1, -0.05) is 29.8 Å². The van der Waals surface area contributed by atoms with Gasteiger partial charge >= 0.3 is 5.91 Å². The van der Waals surface area contributed by atoms with E-state index in [9.17, 15) is 4.79 Å². The molecule has 2 aromatic carbocycles. The van der Waals surface area contributed by atoms with Crippen LogP contribution in [0.5, 0.6) is 5.75 Å². The molecule has 0 aromatic heterocycles. The summed E-state index contributed by atoms with van der Waals surface area (Å²) in [5, 5.41) is 0. The second-order valence-electron chi connectivity index (χ2n) is 8.90. The highest BCUT2D eigenvalue weighted by atomic mass is 16.5. The van der Waals surface area contributed by atoms with Crippen molar-refractivity contribution in [1.82, 2.24) is 4.90 Å². The molecule has 29 heavy (non-hydrogen) atoms. The zero-order valence-electron chi connectivity index (χ0n) is 17.8. The predicted octanol–water partition coefficient (Wildman–Crippen LogP) is 4.42. The van der Waals surface area contributed by atoms with Gasteiger partial charge in [0, 0.05) is 12.8 Å².